The number of carboxylic acids is 1. The van der Waals surface area contributed by atoms with Crippen LogP contribution >= 0.6 is 0 Å². The number of carbonyl (C=O) groups excluding carboxylic acids is 1. The fourth-order valence-electron chi connectivity index (χ4n) is 3.71. The molecule has 10 nitrogen and oxygen atoms in total. The van der Waals surface area contributed by atoms with E-state index in [-0.39, 0.29) is 11.6 Å². The number of aromatic carboxylic acids is 1. The van der Waals surface area contributed by atoms with Gasteiger partial charge in [-0.1, -0.05) is 12.1 Å². The SMILES string of the molecule is O=C(O)c1cc2n(n1)CCN(C(=O)c1cccc(COc3ccc(-c4ccn[nH]4)nc3)c1)C2. The van der Waals surface area contributed by atoms with Crippen LogP contribution in [0.25, 0.3) is 11.4 Å². The topological polar surface area (TPSA) is 126 Å². The number of amides is 1. The molecule has 4 aromatic rings. The maximum atomic E-state index is 13.0. The summed E-state index contributed by atoms with van der Waals surface area (Å²) in [6.07, 6.45) is 3.31. The van der Waals surface area contributed by atoms with Gasteiger partial charge in [0.1, 0.15) is 12.4 Å². The van der Waals surface area contributed by atoms with Crippen molar-refractivity contribution in [1.82, 2.24) is 29.9 Å². The number of hydrogen-bond acceptors (Lipinski definition) is 6. The van der Waals surface area contributed by atoms with Gasteiger partial charge in [-0.3, -0.25) is 19.6 Å². The van der Waals surface area contributed by atoms with Gasteiger partial charge in [-0.15, -0.1) is 0 Å². The molecule has 0 fully saturated rings. The molecule has 0 saturated carbocycles. The summed E-state index contributed by atoms with van der Waals surface area (Å²) in [5, 5.41) is 20.0. The average molecular weight is 444 g/mol. The van der Waals surface area contributed by atoms with Crippen LogP contribution in [0.1, 0.15) is 32.1 Å². The standard InChI is InChI=1S/C23H20N6O4/c30-22(28-8-9-29-17(13-28)11-21(27-29)23(31)32)16-3-1-2-15(10-16)14-33-18-4-5-19(24-12-18)20-6-7-25-26-20/h1-7,10-12H,8-9,13-14H2,(H,25,26)(H,31,32). The zero-order valence-electron chi connectivity index (χ0n) is 17.5. The van der Waals surface area contributed by atoms with E-state index in [2.05, 4.69) is 20.3 Å². The number of aromatic nitrogens is 5. The Morgan fingerprint density at radius 2 is 2.03 bits per heavy atom. The third-order valence-corrected chi connectivity index (χ3v) is 5.40. The van der Waals surface area contributed by atoms with Crippen LogP contribution in [0.5, 0.6) is 5.75 Å². The summed E-state index contributed by atoms with van der Waals surface area (Å²) in [7, 11) is 0. The Morgan fingerprint density at radius 3 is 2.79 bits per heavy atom. The van der Waals surface area contributed by atoms with Crippen molar-refractivity contribution in [3.63, 3.8) is 0 Å². The van der Waals surface area contributed by atoms with Crippen LogP contribution in [0, 0.1) is 0 Å². The van der Waals surface area contributed by atoms with Gasteiger partial charge in [0, 0.05) is 18.3 Å². The molecular weight excluding hydrogens is 424 g/mol. The minimum Gasteiger partial charge on any atom is -0.487 e. The number of benzene rings is 1. The van der Waals surface area contributed by atoms with Gasteiger partial charge >= 0.3 is 5.97 Å². The second-order valence-electron chi connectivity index (χ2n) is 7.61. The van der Waals surface area contributed by atoms with Crippen LogP contribution in [0.3, 0.4) is 0 Å². The van der Waals surface area contributed by atoms with Gasteiger partial charge in [0.2, 0.25) is 0 Å². The highest BCUT2D eigenvalue weighted by atomic mass is 16.5. The van der Waals surface area contributed by atoms with Crippen molar-refractivity contribution in [3.05, 3.63) is 83.4 Å². The number of hydrogen-bond donors (Lipinski definition) is 2. The molecule has 0 unspecified atom stereocenters. The van der Waals surface area contributed by atoms with Crippen LogP contribution in [0.15, 0.2) is 60.9 Å². The molecule has 5 rings (SSSR count). The second-order valence-corrected chi connectivity index (χ2v) is 7.61. The first-order valence-electron chi connectivity index (χ1n) is 10.3. The molecule has 166 valence electrons. The highest BCUT2D eigenvalue weighted by molar-refractivity contribution is 5.94. The van der Waals surface area contributed by atoms with E-state index in [1.807, 2.05) is 36.4 Å². The molecule has 0 aliphatic carbocycles. The third kappa shape index (κ3) is 4.31. The fourth-order valence-corrected chi connectivity index (χ4v) is 3.71. The molecule has 10 heteroatoms. The number of pyridine rings is 1. The quantitative estimate of drug-likeness (QED) is 0.468. The number of aromatic amines is 1. The van der Waals surface area contributed by atoms with E-state index < -0.39 is 5.97 Å². The summed E-state index contributed by atoms with van der Waals surface area (Å²) in [5.74, 6) is -0.575. The fraction of sp³-hybridized carbons (Fsp3) is 0.174. The van der Waals surface area contributed by atoms with Gasteiger partial charge in [0.25, 0.3) is 5.91 Å². The Bertz CT molecular complexity index is 1300. The van der Waals surface area contributed by atoms with Crippen LogP contribution in [0.4, 0.5) is 0 Å². The van der Waals surface area contributed by atoms with Gasteiger partial charge in [-0.2, -0.15) is 10.2 Å². The summed E-state index contributed by atoms with van der Waals surface area (Å²) in [6.45, 7) is 1.52. The van der Waals surface area contributed by atoms with E-state index in [1.54, 1.807) is 28.0 Å². The highest BCUT2D eigenvalue weighted by Crippen LogP contribution is 2.20. The first-order valence-corrected chi connectivity index (χ1v) is 10.3. The lowest BCUT2D eigenvalue weighted by Crippen LogP contribution is -2.38. The van der Waals surface area contributed by atoms with Crippen LogP contribution in [-0.2, 0) is 19.7 Å². The Morgan fingerprint density at radius 1 is 1.12 bits per heavy atom. The van der Waals surface area contributed by atoms with Crippen molar-refractivity contribution >= 4 is 11.9 Å². The van der Waals surface area contributed by atoms with Crippen LogP contribution in [0.2, 0.25) is 0 Å². The monoisotopic (exact) mass is 444 g/mol. The maximum absolute atomic E-state index is 13.0. The highest BCUT2D eigenvalue weighted by Gasteiger charge is 2.24. The van der Waals surface area contributed by atoms with Crippen molar-refractivity contribution < 1.29 is 19.4 Å². The third-order valence-electron chi connectivity index (χ3n) is 5.40. The minimum atomic E-state index is -1.08. The summed E-state index contributed by atoms with van der Waals surface area (Å²) < 4.78 is 7.48. The summed E-state index contributed by atoms with van der Waals surface area (Å²) in [5.41, 5.74) is 3.70. The largest absolute Gasteiger partial charge is 0.487 e. The molecule has 3 aromatic heterocycles. The summed E-state index contributed by atoms with van der Waals surface area (Å²) in [4.78, 5) is 30.3. The van der Waals surface area contributed by atoms with Crippen molar-refractivity contribution in [2.75, 3.05) is 6.54 Å². The van der Waals surface area contributed by atoms with Crippen LogP contribution in [-0.4, -0.2) is 53.4 Å². The van der Waals surface area contributed by atoms with E-state index in [1.165, 1.54) is 6.07 Å². The number of carboxylic acid groups (broad SMARTS) is 1. The zero-order chi connectivity index (χ0) is 22.8. The number of nitrogens with zero attached hydrogens (tertiary/aromatic N) is 5. The Labute approximate surface area is 188 Å². The van der Waals surface area contributed by atoms with E-state index in [9.17, 15) is 9.59 Å². The summed E-state index contributed by atoms with van der Waals surface area (Å²) in [6, 6.07) is 14.3. The first kappa shape index (κ1) is 20.4. The van der Waals surface area contributed by atoms with Crippen molar-refractivity contribution in [2.45, 2.75) is 19.7 Å². The minimum absolute atomic E-state index is 0.00877. The molecule has 0 radical (unpaired) electrons. The van der Waals surface area contributed by atoms with Gasteiger partial charge in [0.05, 0.1) is 36.4 Å². The Kier molecular flexibility index (Phi) is 5.31. The Hall–Kier alpha value is -4.47. The number of carbonyl (C=O) groups is 2. The normalized spacial score (nSPS) is 12.9. The average Bonchev–Trinajstić information content (AvgIpc) is 3.53. The number of H-pyrrole nitrogens is 1. The molecule has 1 aromatic carbocycles. The van der Waals surface area contributed by atoms with Gasteiger partial charge in [0.15, 0.2) is 5.69 Å². The molecule has 2 N–H and O–H groups in total. The maximum Gasteiger partial charge on any atom is 0.356 e. The predicted molar refractivity (Wildman–Crippen MR) is 117 cm³/mol. The summed E-state index contributed by atoms with van der Waals surface area (Å²) >= 11 is 0. The van der Waals surface area contributed by atoms with E-state index >= 15 is 0 Å². The molecule has 1 amide bonds. The molecule has 1 aliphatic heterocycles. The molecule has 33 heavy (non-hydrogen) atoms. The van der Waals surface area contributed by atoms with Crippen molar-refractivity contribution in [2.24, 2.45) is 0 Å². The second kappa shape index (κ2) is 8.58. The van der Waals surface area contributed by atoms with Gasteiger partial charge in [-0.25, -0.2) is 4.79 Å². The smallest absolute Gasteiger partial charge is 0.356 e. The molecular formula is C23H20N6O4. The molecule has 0 saturated heterocycles. The lowest BCUT2D eigenvalue weighted by Gasteiger charge is -2.27. The number of ether oxygens (including phenoxy) is 1. The number of nitrogens with one attached hydrogen (secondary N) is 1. The zero-order valence-corrected chi connectivity index (χ0v) is 17.5. The van der Waals surface area contributed by atoms with Gasteiger partial charge in [-0.05, 0) is 42.0 Å². The van der Waals surface area contributed by atoms with Crippen molar-refractivity contribution in [1.29, 1.82) is 0 Å². The predicted octanol–water partition coefficient (Wildman–Crippen LogP) is 2.60. The first-order chi connectivity index (χ1) is 16.1. The number of rotatable bonds is 6. The Balaban J connectivity index is 1.23. The number of fused-ring (bicyclic) bond motifs is 1. The molecule has 0 spiro atoms. The van der Waals surface area contributed by atoms with E-state index in [0.717, 1.165) is 17.0 Å². The van der Waals surface area contributed by atoms with Crippen LogP contribution < -0.4 is 4.74 Å². The van der Waals surface area contributed by atoms with E-state index in [4.69, 9.17) is 9.84 Å². The molecule has 1 aliphatic rings. The molecule has 4 heterocycles. The van der Waals surface area contributed by atoms with Crippen molar-refractivity contribution in [3.8, 4) is 17.1 Å². The molecule has 0 atom stereocenters. The lowest BCUT2D eigenvalue weighted by molar-refractivity contribution is 0.0680. The van der Waals surface area contributed by atoms with E-state index in [0.29, 0.717) is 43.2 Å². The molecule has 0 bridgehead atoms. The van der Waals surface area contributed by atoms with Gasteiger partial charge < -0.3 is 14.7 Å². The lowest BCUT2D eigenvalue weighted by atomic mass is 10.1.